The van der Waals surface area contributed by atoms with Crippen molar-refractivity contribution in [1.82, 2.24) is 10.5 Å². The number of hydrogen-bond donors (Lipinski definition) is 1. The van der Waals surface area contributed by atoms with Crippen molar-refractivity contribution in [2.45, 2.75) is 6.18 Å². The summed E-state index contributed by atoms with van der Waals surface area (Å²) >= 11 is 5.49. The normalized spacial score (nSPS) is 11.3. The van der Waals surface area contributed by atoms with Crippen molar-refractivity contribution < 1.29 is 22.8 Å². The minimum atomic E-state index is -4.55. The standard InChI is InChI=1S/C8H6ClF3N2O2/c1-16-14-7(15)6-5(9)2-4(3-13-6)8(10,11)12/h2-3H,1H3,(H,14,15). The molecule has 0 aliphatic rings. The predicted molar refractivity (Wildman–Crippen MR) is 48.7 cm³/mol. The zero-order valence-corrected chi connectivity index (χ0v) is 8.69. The Balaban J connectivity index is 3.05. The molecule has 0 atom stereocenters. The molecule has 1 rings (SSSR count). The van der Waals surface area contributed by atoms with Gasteiger partial charge in [-0.2, -0.15) is 13.2 Å². The molecule has 0 bridgehead atoms. The van der Waals surface area contributed by atoms with Crippen LogP contribution in [0.15, 0.2) is 12.3 Å². The van der Waals surface area contributed by atoms with Gasteiger partial charge in [0.2, 0.25) is 0 Å². The number of rotatable bonds is 2. The average molecular weight is 255 g/mol. The number of aromatic nitrogens is 1. The van der Waals surface area contributed by atoms with Crippen LogP contribution in [0, 0.1) is 0 Å². The molecule has 0 radical (unpaired) electrons. The molecule has 88 valence electrons. The first-order valence-electron chi connectivity index (χ1n) is 3.92. The van der Waals surface area contributed by atoms with Gasteiger partial charge in [0.05, 0.1) is 17.7 Å². The quantitative estimate of drug-likeness (QED) is 0.822. The third kappa shape index (κ3) is 2.83. The number of nitrogens with one attached hydrogen (secondary N) is 1. The molecule has 1 aromatic rings. The largest absolute Gasteiger partial charge is 0.417 e. The number of pyridine rings is 1. The number of carbonyl (C=O) groups is 1. The van der Waals surface area contributed by atoms with E-state index in [0.717, 1.165) is 0 Å². The van der Waals surface area contributed by atoms with Crippen LogP contribution in [0.3, 0.4) is 0 Å². The van der Waals surface area contributed by atoms with E-state index in [9.17, 15) is 18.0 Å². The molecule has 0 saturated heterocycles. The van der Waals surface area contributed by atoms with Gasteiger partial charge in [-0.25, -0.2) is 10.5 Å². The van der Waals surface area contributed by atoms with Gasteiger partial charge in [-0.3, -0.25) is 9.63 Å². The summed E-state index contributed by atoms with van der Waals surface area (Å²) in [6.45, 7) is 0. The van der Waals surface area contributed by atoms with Crippen molar-refractivity contribution >= 4 is 17.5 Å². The lowest BCUT2D eigenvalue weighted by Crippen LogP contribution is -2.23. The number of alkyl halides is 3. The molecule has 1 amide bonds. The SMILES string of the molecule is CONC(=O)c1ncc(C(F)(F)F)cc1Cl. The first-order chi connectivity index (χ1) is 7.36. The number of halogens is 4. The Bertz CT molecular complexity index is 409. The highest BCUT2D eigenvalue weighted by molar-refractivity contribution is 6.33. The Kier molecular flexibility index (Phi) is 3.71. The van der Waals surface area contributed by atoms with Gasteiger partial charge in [-0.05, 0) is 6.07 Å². The molecule has 1 N–H and O–H groups in total. The number of hydroxylamine groups is 1. The van der Waals surface area contributed by atoms with Gasteiger partial charge in [0.15, 0.2) is 0 Å². The summed E-state index contributed by atoms with van der Waals surface area (Å²) in [6, 6.07) is 0.624. The Hall–Kier alpha value is -1.34. The van der Waals surface area contributed by atoms with Crippen molar-refractivity contribution in [2.75, 3.05) is 7.11 Å². The fourth-order valence-electron chi connectivity index (χ4n) is 0.901. The monoisotopic (exact) mass is 254 g/mol. The molecule has 0 spiro atoms. The predicted octanol–water partition coefficient (Wildman–Crippen LogP) is 2.04. The highest BCUT2D eigenvalue weighted by Gasteiger charge is 2.32. The fraction of sp³-hybridized carbons (Fsp3) is 0.250. The lowest BCUT2D eigenvalue weighted by Gasteiger charge is -2.08. The smallest absolute Gasteiger partial charge is 0.277 e. The van der Waals surface area contributed by atoms with E-state index in [-0.39, 0.29) is 5.69 Å². The van der Waals surface area contributed by atoms with Crippen molar-refractivity contribution in [3.63, 3.8) is 0 Å². The zero-order chi connectivity index (χ0) is 12.3. The summed E-state index contributed by atoms with van der Waals surface area (Å²) in [5, 5.41) is -0.399. The Morgan fingerprint density at radius 2 is 2.19 bits per heavy atom. The zero-order valence-electron chi connectivity index (χ0n) is 7.93. The number of hydrogen-bond acceptors (Lipinski definition) is 3. The minimum Gasteiger partial charge on any atom is -0.277 e. The van der Waals surface area contributed by atoms with Crippen LogP contribution in [-0.4, -0.2) is 18.0 Å². The van der Waals surface area contributed by atoms with E-state index in [4.69, 9.17) is 11.6 Å². The van der Waals surface area contributed by atoms with Gasteiger partial charge in [0.1, 0.15) is 5.69 Å². The van der Waals surface area contributed by atoms with Crippen molar-refractivity contribution in [3.8, 4) is 0 Å². The van der Waals surface area contributed by atoms with E-state index in [0.29, 0.717) is 12.3 Å². The second-order valence-corrected chi connectivity index (χ2v) is 3.09. The van der Waals surface area contributed by atoms with Gasteiger partial charge in [-0.1, -0.05) is 11.6 Å². The van der Waals surface area contributed by atoms with Crippen molar-refractivity contribution in [3.05, 3.63) is 28.5 Å². The minimum absolute atomic E-state index is 0.337. The van der Waals surface area contributed by atoms with Gasteiger partial charge in [0.25, 0.3) is 5.91 Å². The molecule has 0 unspecified atom stereocenters. The van der Waals surface area contributed by atoms with E-state index in [1.165, 1.54) is 7.11 Å². The number of amides is 1. The summed E-state index contributed by atoms with van der Waals surface area (Å²) in [5.41, 5.74) is 0.535. The van der Waals surface area contributed by atoms with Gasteiger partial charge < -0.3 is 0 Å². The molecule has 0 fully saturated rings. The molecule has 8 heteroatoms. The van der Waals surface area contributed by atoms with Gasteiger partial charge in [-0.15, -0.1) is 0 Å². The highest BCUT2D eigenvalue weighted by Crippen LogP contribution is 2.30. The van der Waals surface area contributed by atoms with E-state index in [1.807, 2.05) is 5.48 Å². The summed E-state index contributed by atoms with van der Waals surface area (Å²) < 4.78 is 36.7. The molecular weight excluding hydrogens is 249 g/mol. The molecule has 0 saturated carbocycles. The van der Waals surface area contributed by atoms with Crippen LogP contribution in [0.5, 0.6) is 0 Å². The number of carbonyl (C=O) groups excluding carboxylic acids is 1. The van der Waals surface area contributed by atoms with Gasteiger partial charge >= 0.3 is 6.18 Å². The molecule has 1 heterocycles. The first kappa shape index (κ1) is 12.7. The maximum absolute atomic E-state index is 12.2. The Labute approximate surface area is 93.3 Å². The maximum Gasteiger partial charge on any atom is 0.417 e. The van der Waals surface area contributed by atoms with Crippen LogP contribution in [0.25, 0.3) is 0 Å². The summed E-state index contributed by atoms with van der Waals surface area (Å²) in [4.78, 5) is 18.8. The van der Waals surface area contributed by atoms with E-state index >= 15 is 0 Å². The number of nitrogens with zero attached hydrogens (tertiary/aromatic N) is 1. The molecular formula is C8H6ClF3N2O2. The Morgan fingerprint density at radius 1 is 1.56 bits per heavy atom. The molecule has 0 aliphatic carbocycles. The lowest BCUT2D eigenvalue weighted by molar-refractivity contribution is -0.137. The van der Waals surface area contributed by atoms with E-state index < -0.39 is 22.7 Å². The maximum atomic E-state index is 12.2. The van der Waals surface area contributed by atoms with Crippen LogP contribution in [0.1, 0.15) is 16.1 Å². The molecule has 0 aromatic carbocycles. The topological polar surface area (TPSA) is 51.2 Å². The van der Waals surface area contributed by atoms with Crippen LogP contribution in [-0.2, 0) is 11.0 Å². The van der Waals surface area contributed by atoms with Crippen molar-refractivity contribution in [2.24, 2.45) is 0 Å². The summed E-state index contributed by atoms with van der Waals surface area (Å²) in [7, 11) is 1.18. The molecule has 1 aromatic heterocycles. The van der Waals surface area contributed by atoms with Crippen LogP contribution in [0.2, 0.25) is 5.02 Å². The van der Waals surface area contributed by atoms with Crippen LogP contribution in [0.4, 0.5) is 13.2 Å². The third-order valence-corrected chi connectivity index (χ3v) is 1.87. The third-order valence-electron chi connectivity index (χ3n) is 1.58. The summed E-state index contributed by atoms with van der Waals surface area (Å²) in [6.07, 6.45) is -4.02. The van der Waals surface area contributed by atoms with Crippen LogP contribution < -0.4 is 5.48 Å². The van der Waals surface area contributed by atoms with E-state index in [1.54, 1.807) is 0 Å². The van der Waals surface area contributed by atoms with Gasteiger partial charge in [0, 0.05) is 6.20 Å². The molecule has 16 heavy (non-hydrogen) atoms. The van der Waals surface area contributed by atoms with Crippen LogP contribution >= 0.6 is 11.6 Å². The second-order valence-electron chi connectivity index (χ2n) is 2.69. The average Bonchev–Trinajstić information content (AvgIpc) is 2.16. The molecule has 0 aliphatic heterocycles. The fourth-order valence-corrected chi connectivity index (χ4v) is 1.15. The highest BCUT2D eigenvalue weighted by atomic mass is 35.5. The first-order valence-corrected chi connectivity index (χ1v) is 4.30. The summed E-state index contributed by atoms with van der Waals surface area (Å²) in [5.74, 6) is -0.818. The van der Waals surface area contributed by atoms with E-state index in [2.05, 4.69) is 9.82 Å². The molecule has 4 nitrogen and oxygen atoms in total. The second kappa shape index (κ2) is 4.67. The van der Waals surface area contributed by atoms with Crippen molar-refractivity contribution in [1.29, 1.82) is 0 Å². The lowest BCUT2D eigenvalue weighted by atomic mass is 10.2. The Morgan fingerprint density at radius 3 is 2.62 bits per heavy atom.